The van der Waals surface area contributed by atoms with Crippen molar-refractivity contribution in [2.24, 2.45) is 7.05 Å². The third kappa shape index (κ3) is 4.56. The summed E-state index contributed by atoms with van der Waals surface area (Å²) >= 11 is 0. The maximum absolute atomic E-state index is 14.0. The molecule has 0 saturated heterocycles. The van der Waals surface area contributed by atoms with E-state index in [1.165, 1.54) is 12.1 Å². The number of aryl methyl sites for hydroxylation is 2. The molecule has 33 heavy (non-hydrogen) atoms. The SMILES string of the molecule is Cc1ccc(C(NC(=O)c2nn(C)c3cc(C#CCO)ccc23)c2cc(F)ccc2O)cc1. The lowest BCUT2D eigenvalue weighted by molar-refractivity contribution is 0.0938. The number of aliphatic hydroxyl groups excluding tert-OH is 1. The first kappa shape index (κ1) is 22.1. The maximum Gasteiger partial charge on any atom is 0.273 e. The third-order valence-corrected chi connectivity index (χ3v) is 5.37. The van der Waals surface area contributed by atoms with Crippen LogP contribution in [0.3, 0.4) is 0 Å². The van der Waals surface area contributed by atoms with Gasteiger partial charge < -0.3 is 15.5 Å². The van der Waals surface area contributed by atoms with Crippen LogP contribution in [0.4, 0.5) is 4.39 Å². The lowest BCUT2D eigenvalue weighted by Crippen LogP contribution is -2.30. The molecule has 6 nitrogen and oxygen atoms in total. The lowest BCUT2D eigenvalue weighted by Gasteiger charge is -2.21. The molecule has 0 radical (unpaired) electrons. The zero-order valence-electron chi connectivity index (χ0n) is 18.1. The number of hydrogen-bond acceptors (Lipinski definition) is 4. The summed E-state index contributed by atoms with van der Waals surface area (Å²) in [5, 5.41) is 27.2. The number of fused-ring (bicyclic) bond motifs is 1. The summed E-state index contributed by atoms with van der Waals surface area (Å²) in [5.74, 6) is 4.32. The summed E-state index contributed by atoms with van der Waals surface area (Å²) in [4.78, 5) is 13.3. The highest BCUT2D eigenvalue weighted by Crippen LogP contribution is 2.31. The van der Waals surface area contributed by atoms with Gasteiger partial charge in [0.2, 0.25) is 0 Å². The van der Waals surface area contributed by atoms with Crippen LogP contribution in [0.5, 0.6) is 5.75 Å². The topological polar surface area (TPSA) is 87.4 Å². The number of phenolic OH excluding ortho intramolecular Hbond substituents is 1. The summed E-state index contributed by atoms with van der Waals surface area (Å²) in [7, 11) is 1.72. The molecule has 1 heterocycles. The van der Waals surface area contributed by atoms with Gasteiger partial charge in [0.1, 0.15) is 18.2 Å². The third-order valence-electron chi connectivity index (χ3n) is 5.37. The van der Waals surface area contributed by atoms with Crippen molar-refractivity contribution in [3.63, 3.8) is 0 Å². The van der Waals surface area contributed by atoms with E-state index in [1.54, 1.807) is 29.9 Å². The van der Waals surface area contributed by atoms with E-state index in [9.17, 15) is 14.3 Å². The second kappa shape index (κ2) is 9.15. The van der Waals surface area contributed by atoms with Gasteiger partial charge in [-0.05, 0) is 48.9 Å². The van der Waals surface area contributed by atoms with Crippen molar-refractivity contribution in [1.82, 2.24) is 15.1 Å². The Kier molecular flexibility index (Phi) is 6.11. The van der Waals surface area contributed by atoms with Crippen LogP contribution in [0, 0.1) is 24.6 Å². The van der Waals surface area contributed by atoms with Crippen molar-refractivity contribution in [2.75, 3.05) is 6.61 Å². The summed E-state index contributed by atoms with van der Waals surface area (Å²) in [6.07, 6.45) is 0. The highest BCUT2D eigenvalue weighted by atomic mass is 19.1. The van der Waals surface area contributed by atoms with Crippen molar-refractivity contribution in [3.05, 3.63) is 94.4 Å². The number of halogens is 1. The number of aromatic nitrogens is 2. The van der Waals surface area contributed by atoms with Crippen molar-refractivity contribution in [1.29, 1.82) is 0 Å². The fourth-order valence-corrected chi connectivity index (χ4v) is 3.70. The Morgan fingerprint density at radius 3 is 2.64 bits per heavy atom. The molecule has 0 aliphatic rings. The molecule has 0 fully saturated rings. The fourth-order valence-electron chi connectivity index (χ4n) is 3.70. The van der Waals surface area contributed by atoms with Gasteiger partial charge in [0, 0.05) is 23.6 Å². The highest BCUT2D eigenvalue weighted by molar-refractivity contribution is 6.05. The van der Waals surface area contributed by atoms with E-state index < -0.39 is 17.8 Å². The second-order valence-electron chi connectivity index (χ2n) is 7.68. The number of nitrogens with zero attached hydrogens (tertiary/aromatic N) is 2. The fraction of sp³-hybridized carbons (Fsp3) is 0.154. The van der Waals surface area contributed by atoms with E-state index in [0.29, 0.717) is 22.0 Å². The Labute approximate surface area is 190 Å². The number of rotatable bonds is 4. The van der Waals surface area contributed by atoms with Crippen LogP contribution in [0.25, 0.3) is 10.9 Å². The van der Waals surface area contributed by atoms with Gasteiger partial charge in [0.15, 0.2) is 5.69 Å². The van der Waals surface area contributed by atoms with Gasteiger partial charge in [0.05, 0.1) is 11.6 Å². The van der Waals surface area contributed by atoms with Crippen molar-refractivity contribution >= 4 is 16.8 Å². The van der Waals surface area contributed by atoms with Gasteiger partial charge in [-0.2, -0.15) is 5.10 Å². The molecule has 0 saturated carbocycles. The number of hydrogen-bond donors (Lipinski definition) is 3. The molecule has 1 unspecified atom stereocenters. The molecule has 0 aliphatic heterocycles. The molecule has 1 amide bonds. The molecule has 4 rings (SSSR count). The minimum atomic E-state index is -0.791. The minimum Gasteiger partial charge on any atom is -0.508 e. The number of benzene rings is 3. The zero-order valence-corrected chi connectivity index (χ0v) is 18.1. The van der Waals surface area contributed by atoms with E-state index in [1.807, 2.05) is 31.2 Å². The Morgan fingerprint density at radius 1 is 1.15 bits per heavy atom. The van der Waals surface area contributed by atoms with Crippen LogP contribution in [0.1, 0.15) is 38.8 Å². The number of nitrogens with one attached hydrogen (secondary N) is 1. The Hall–Kier alpha value is -4.15. The predicted molar refractivity (Wildman–Crippen MR) is 123 cm³/mol. The second-order valence-corrected chi connectivity index (χ2v) is 7.68. The minimum absolute atomic E-state index is 0.125. The zero-order chi connectivity index (χ0) is 23.5. The molecule has 0 bridgehead atoms. The van der Waals surface area contributed by atoms with Crippen LogP contribution >= 0.6 is 0 Å². The summed E-state index contributed by atoms with van der Waals surface area (Å²) < 4.78 is 15.6. The predicted octanol–water partition coefficient (Wildman–Crippen LogP) is 3.59. The molecule has 3 N–H and O–H groups in total. The largest absolute Gasteiger partial charge is 0.508 e. The normalized spacial score (nSPS) is 11.6. The molecule has 166 valence electrons. The van der Waals surface area contributed by atoms with E-state index >= 15 is 0 Å². The first-order chi connectivity index (χ1) is 15.9. The number of aromatic hydroxyl groups is 1. The van der Waals surface area contributed by atoms with Crippen LogP contribution < -0.4 is 5.32 Å². The van der Waals surface area contributed by atoms with E-state index in [-0.39, 0.29) is 23.6 Å². The number of amides is 1. The van der Waals surface area contributed by atoms with Crippen molar-refractivity contribution in [2.45, 2.75) is 13.0 Å². The molecule has 0 aliphatic carbocycles. The Morgan fingerprint density at radius 2 is 1.91 bits per heavy atom. The highest BCUT2D eigenvalue weighted by Gasteiger charge is 2.24. The molecule has 7 heteroatoms. The standard InChI is InChI=1S/C26H22FN3O3/c1-16-5-8-18(9-6-16)24(21-15-19(27)10-12-23(21)32)28-26(33)25-20-11-7-17(4-3-13-31)14-22(20)30(2)29-25/h5-12,14-15,24,31-32H,13H2,1-2H3,(H,28,33). The van der Waals surface area contributed by atoms with E-state index in [2.05, 4.69) is 22.3 Å². The quantitative estimate of drug-likeness (QED) is 0.421. The average Bonchev–Trinajstić information content (AvgIpc) is 3.14. The summed E-state index contributed by atoms with van der Waals surface area (Å²) in [6.45, 7) is 1.70. The smallest absolute Gasteiger partial charge is 0.273 e. The Balaban J connectivity index is 1.75. The molecular formula is C26H22FN3O3. The van der Waals surface area contributed by atoms with E-state index in [4.69, 9.17) is 5.11 Å². The van der Waals surface area contributed by atoms with Crippen LogP contribution in [-0.4, -0.2) is 32.5 Å². The lowest BCUT2D eigenvalue weighted by atomic mass is 9.96. The molecule has 3 aromatic carbocycles. The van der Waals surface area contributed by atoms with Gasteiger partial charge in [-0.15, -0.1) is 0 Å². The van der Waals surface area contributed by atoms with E-state index in [0.717, 1.165) is 11.6 Å². The maximum atomic E-state index is 14.0. The summed E-state index contributed by atoms with van der Waals surface area (Å²) in [5.41, 5.74) is 3.55. The van der Waals surface area contributed by atoms with Crippen molar-refractivity contribution < 1.29 is 19.4 Å². The molecule has 1 atom stereocenters. The molecular weight excluding hydrogens is 421 g/mol. The van der Waals surface area contributed by atoms with Gasteiger partial charge >= 0.3 is 0 Å². The first-order valence-corrected chi connectivity index (χ1v) is 10.3. The summed E-state index contributed by atoms with van der Waals surface area (Å²) in [6, 6.07) is 15.6. The number of aliphatic hydroxyl groups is 1. The monoisotopic (exact) mass is 443 g/mol. The van der Waals surface area contributed by atoms with Gasteiger partial charge in [0.25, 0.3) is 5.91 Å². The van der Waals surface area contributed by atoms with Gasteiger partial charge in [-0.25, -0.2) is 4.39 Å². The van der Waals surface area contributed by atoms with Crippen LogP contribution in [-0.2, 0) is 7.05 Å². The number of phenols is 1. The van der Waals surface area contributed by atoms with Crippen molar-refractivity contribution in [3.8, 4) is 17.6 Å². The number of carbonyl (C=O) groups excluding carboxylic acids is 1. The molecule has 1 aromatic heterocycles. The van der Waals surface area contributed by atoms with Crippen LogP contribution in [0.2, 0.25) is 0 Å². The number of carbonyl (C=O) groups is 1. The first-order valence-electron chi connectivity index (χ1n) is 10.3. The van der Waals surface area contributed by atoms with Crippen LogP contribution in [0.15, 0.2) is 60.7 Å². The average molecular weight is 443 g/mol. The molecule has 4 aromatic rings. The molecule has 0 spiro atoms. The van der Waals surface area contributed by atoms with Gasteiger partial charge in [-0.3, -0.25) is 9.48 Å². The Bertz CT molecular complexity index is 1400. The van der Waals surface area contributed by atoms with Gasteiger partial charge in [-0.1, -0.05) is 41.7 Å².